The molecule has 1 aliphatic rings. The SMILES string of the molecule is CC(C)c1ccc([C@H](NCC(=O)Nc2sc3c(c2C#N)CCC3)c2cccs2)cc1. The van der Waals surface area contributed by atoms with E-state index in [2.05, 4.69) is 66.3 Å². The van der Waals surface area contributed by atoms with Crippen molar-refractivity contribution in [3.63, 3.8) is 0 Å². The quantitative estimate of drug-likeness (QED) is 0.507. The average Bonchev–Trinajstić information content (AvgIpc) is 3.46. The Kier molecular flexibility index (Phi) is 6.33. The Hall–Kier alpha value is -2.46. The van der Waals surface area contributed by atoms with Gasteiger partial charge in [0.05, 0.1) is 18.2 Å². The summed E-state index contributed by atoms with van der Waals surface area (Å²) in [4.78, 5) is 15.1. The van der Waals surface area contributed by atoms with E-state index in [1.165, 1.54) is 15.3 Å². The molecule has 2 aromatic heterocycles. The number of rotatable bonds is 7. The second-order valence-corrected chi connectivity index (χ2v) is 9.96. The maximum atomic E-state index is 12.7. The Morgan fingerprint density at radius 2 is 1.93 bits per heavy atom. The molecule has 0 saturated heterocycles. The van der Waals surface area contributed by atoms with E-state index in [-0.39, 0.29) is 18.5 Å². The lowest BCUT2D eigenvalue weighted by Crippen LogP contribution is -2.31. The zero-order valence-electron chi connectivity index (χ0n) is 17.2. The predicted molar refractivity (Wildman–Crippen MR) is 124 cm³/mol. The summed E-state index contributed by atoms with van der Waals surface area (Å²) in [5, 5.41) is 18.7. The van der Waals surface area contributed by atoms with Crippen molar-refractivity contribution in [1.82, 2.24) is 5.32 Å². The lowest BCUT2D eigenvalue weighted by molar-refractivity contribution is -0.115. The van der Waals surface area contributed by atoms with Crippen LogP contribution < -0.4 is 10.6 Å². The summed E-state index contributed by atoms with van der Waals surface area (Å²) in [5.74, 6) is 0.367. The van der Waals surface area contributed by atoms with E-state index in [0.29, 0.717) is 16.5 Å². The summed E-state index contributed by atoms with van der Waals surface area (Å²) in [6.07, 6.45) is 3.05. The lowest BCUT2D eigenvalue weighted by atomic mass is 9.98. The Labute approximate surface area is 185 Å². The number of fused-ring (bicyclic) bond motifs is 1. The molecule has 1 aliphatic carbocycles. The highest BCUT2D eigenvalue weighted by Crippen LogP contribution is 2.38. The third-order valence-corrected chi connectivity index (χ3v) is 7.66. The molecule has 6 heteroatoms. The van der Waals surface area contributed by atoms with Crippen molar-refractivity contribution >= 4 is 33.6 Å². The van der Waals surface area contributed by atoms with Crippen LogP contribution in [-0.2, 0) is 17.6 Å². The molecule has 3 aromatic rings. The van der Waals surface area contributed by atoms with Gasteiger partial charge in [0.2, 0.25) is 5.91 Å². The molecule has 1 amide bonds. The molecule has 0 spiro atoms. The Balaban J connectivity index is 1.47. The highest BCUT2D eigenvalue weighted by molar-refractivity contribution is 7.16. The first-order valence-corrected chi connectivity index (χ1v) is 12.0. The zero-order chi connectivity index (χ0) is 21.1. The normalized spacial score (nSPS) is 13.8. The molecule has 154 valence electrons. The number of carbonyl (C=O) groups is 1. The van der Waals surface area contributed by atoms with Gasteiger partial charge in [-0.05, 0) is 53.3 Å². The number of anilines is 1. The number of nitrogens with zero attached hydrogens (tertiary/aromatic N) is 1. The van der Waals surface area contributed by atoms with E-state index in [4.69, 9.17) is 0 Å². The van der Waals surface area contributed by atoms with E-state index in [1.54, 1.807) is 22.7 Å². The van der Waals surface area contributed by atoms with Crippen molar-refractivity contribution in [2.24, 2.45) is 0 Å². The summed E-state index contributed by atoms with van der Waals surface area (Å²) < 4.78 is 0. The Morgan fingerprint density at radius 3 is 2.60 bits per heavy atom. The van der Waals surface area contributed by atoms with Gasteiger partial charge < -0.3 is 5.32 Å². The van der Waals surface area contributed by atoms with Gasteiger partial charge in [0.25, 0.3) is 0 Å². The van der Waals surface area contributed by atoms with Crippen molar-refractivity contribution in [3.05, 3.63) is 73.8 Å². The minimum Gasteiger partial charge on any atom is -0.315 e. The van der Waals surface area contributed by atoms with E-state index < -0.39 is 0 Å². The molecule has 0 fully saturated rings. The molecular formula is C24H25N3OS2. The van der Waals surface area contributed by atoms with E-state index >= 15 is 0 Å². The molecule has 4 nitrogen and oxygen atoms in total. The third kappa shape index (κ3) is 4.34. The monoisotopic (exact) mass is 435 g/mol. The molecule has 2 N–H and O–H groups in total. The van der Waals surface area contributed by atoms with Gasteiger partial charge in [-0.25, -0.2) is 0 Å². The minimum absolute atomic E-state index is 0.0410. The smallest absolute Gasteiger partial charge is 0.238 e. The molecule has 0 unspecified atom stereocenters. The first kappa shape index (κ1) is 20.8. The maximum absolute atomic E-state index is 12.7. The summed E-state index contributed by atoms with van der Waals surface area (Å²) >= 11 is 3.23. The number of hydrogen-bond acceptors (Lipinski definition) is 5. The Morgan fingerprint density at radius 1 is 1.17 bits per heavy atom. The summed E-state index contributed by atoms with van der Waals surface area (Å²) in [6, 6.07) is 15.0. The minimum atomic E-state index is -0.119. The van der Waals surface area contributed by atoms with Gasteiger partial charge in [-0.15, -0.1) is 22.7 Å². The van der Waals surface area contributed by atoms with E-state index in [9.17, 15) is 10.1 Å². The third-order valence-electron chi connectivity index (χ3n) is 5.52. The molecule has 2 heterocycles. The first-order chi connectivity index (χ1) is 14.6. The molecule has 0 aliphatic heterocycles. The maximum Gasteiger partial charge on any atom is 0.238 e. The summed E-state index contributed by atoms with van der Waals surface area (Å²) in [7, 11) is 0. The second-order valence-electron chi connectivity index (χ2n) is 7.87. The van der Waals surface area contributed by atoms with Crippen LogP contribution in [0.1, 0.15) is 64.2 Å². The lowest BCUT2D eigenvalue weighted by Gasteiger charge is -2.19. The first-order valence-electron chi connectivity index (χ1n) is 10.3. The van der Waals surface area contributed by atoms with Crippen LogP contribution in [-0.4, -0.2) is 12.5 Å². The van der Waals surface area contributed by atoms with Crippen LogP contribution in [0.2, 0.25) is 0 Å². The molecular weight excluding hydrogens is 410 g/mol. The van der Waals surface area contributed by atoms with Gasteiger partial charge in [0.15, 0.2) is 0 Å². The number of aryl methyl sites for hydroxylation is 1. The molecule has 0 radical (unpaired) electrons. The van der Waals surface area contributed by atoms with Gasteiger partial charge in [-0.1, -0.05) is 44.2 Å². The van der Waals surface area contributed by atoms with Crippen molar-refractivity contribution in [1.29, 1.82) is 5.26 Å². The van der Waals surface area contributed by atoms with Crippen LogP contribution in [0.5, 0.6) is 0 Å². The second kappa shape index (κ2) is 9.13. The number of amides is 1. The molecule has 1 atom stereocenters. The number of thiophene rings is 2. The molecule has 1 aromatic carbocycles. The van der Waals surface area contributed by atoms with Gasteiger partial charge in [0.1, 0.15) is 11.1 Å². The van der Waals surface area contributed by atoms with Crippen LogP contribution in [0.4, 0.5) is 5.00 Å². The fourth-order valence-corrected chi connectivity index (χ4v) is 5.97. The van der Waals surface area contributed by atoms with Crippen LogP contribution in [0.15, 0.2) is 41.8 Å². The van der Waals surface area contributed by atoms with Crippen LogP contribution in [0.3, 0.4) is 0 Å². The molecule has 0 saturated carbocycles. The molecule has 4 rings (SSSR count). The van der Waals surface area contributed by atoms with Crippen LogP contribution in [0.25, 0.3) is 0 Å². The average molecular weight is 436 g/mol. The largest absolute Gasteiger partial charge is 0.315 e. The van der Waals surface area contributed by atoms with E-state index in [1.807, 2.05) is 6.07 Å². The number of hydrogen-bond donors (Lipinski definition) is 2. The molecule has 30 heavy (non-hydrogen) atoms. The van der Waals surface area contributed by atoms with Gasteiger partial charge in [0, 0.05) is 9.75 Å². The molecule has 0 bridgehead atoms. The van der Waals surface area contributed by atoms with Gasteiger partial charge >= 0.3 is 0 Å². The highest BCUT2D eigenvalue weighted by atomic mass is 32.1. The fourth-order valence-electron chi connectivity index (χ4n) is 3.89. The van der Waals surface area contributed by atoms with Crippen LogP contribution >= 0.6 is 22.7 Å². The van der Waals surface area contributed by atoms with Crippen molar-refractivity contribution in [2.75, 3.05) is 11.9 Å². The summed E-state index contributed by atoms with van der Waals surface area (Å²) in [5.41, 5.74) is 4.23. The zero-order valence-corrected chi connectivity index (χ0v) is 18.8. The fraction of sp³-hybridized carbons (Fsp3) is 0.333. The van der Waals surface area contributed by atoms with Crippen LogP contribution in [0, 0.1) is 11.3 Å². The number of nitrogens with one attached hydrogen (secondary N) is 2. The predicted octanol–water partition coefficient (Wildman–Crippen LogP) is 5.61. The van der Waals surface area contributed by atoms with Crippen molar-refractivity contribution < 1.29 is 4.79 Å². The topological polar surface area (TPSA) is 64.9 Å². The Bertz CT molecular complexity index is 1060. The number of nitriles is 1. The standard InChI is InChI=1S/C24H25N3OS2/c1-15(2)16-8-10-17(11-9-16)23(21-7-4-12-29-21)26-14-22(28)27-24-19(13-25)18-5-3-6-20(18)30-24/h4,7-12,15,23,26H,3,5-6,14H2,1-2H3,(H,27,28)/t23-/m0/s1. The number of carbonyl (C=O) groups excluding carboxylic acids is 1. The summed E-state index contributed by atoms with van der Waals surface area (Å²) in [6.45, 7) is 4.55. The van der Waals surface area contributed by atoms with E-state index in [0.717, 1.165) is 30.4 Å². The van der Waals surface area contributed by atoms with Crippen molar-refractivity contribution in [3.8, 4) is 6.07 Å². The highest BCUT2D eigenvalue weighted by Gasteiger charge is 2.23. The van der Waals surface area contributed by atoms with Crippen molar-refractivity contribution in [2.45, 2.75) is 45.1 Å². The number of benzene rings is 1. The van der Waals surface area contributed by atoms with Gasteiger partial charge in [-0.3, -0.25) is 10.1 Å². The van der Waals surface area contributed by atoms with Gasteiger partial charge in [-0.2, -0.15) is 5.26 Å².